The van der Waals surface area contributed by atoms with Crippen molar-refractivity contribution >= 4 is 0 Å². The smallest absolute Gasteiger partial charge is 0.232 e. The van der Waals surface area contributed by atoms with Crippen LogP contribution >= 0.6 is 0 Å². The fourth-order valence-corrected chi connectivity index (χ4v) is 1.71. The van der Waals surface area contributed by atoms with Crippen LogP contribution in [0.15, 0.2) is 4.52 Å². The molecular weight excluding hydrogens is 164 g/mol. The summed E-state index contributed by atoms with van der Waals surface area (Å²) in [5, 5.41) is 4.05. The largest absolute Gasteiger partial charge is 0.339 e. The average molecular weight is 178 g/mol. The van der Waals surface area contributed by atoms with Gasteiger partial charge in [0.2, 0.25) is 5.89 Å². The quantitative estimate of drug-likeness (QED) is 0.697. The van der Waals surface area contributed by atoms with Crippen molar-refractivity contribution in [1.82, 2.24) is 10.1 Å². The Hall–Kier alpha value is -0.860. The van der Waals surface area contributed by atoms with Crippen molar-refractivity contribution in [3.63, 3.8) is 0 Å². The second-order valence-corrected chi connectivity index (χ2v) is 4.84. The minimum absolute atomic E-state index is 0.226. The molecule has 0 aromatic carbocycles. The standard InChI is InChI=1S/C10H14N2O/c1-6-5-7(6)8-11-9(13-12-8)10(2)3-4-10/h6-7H,3-5H2,1-2H3. The first-order valence-electron chi connectivity index (χ1n) is 5.03. The van der Waals surface area contributed by atoms with Gasteiger partial charge in [-0.2, -0.15) is 4.98 Å². The molecule has 2 aliphatic rings. The van der Waals surface area contributed by atoms with E-state index in [1.807, 2.05) is 0 Å². The van der Waals surface area contributed by atoms with E-state index >= 15 is 0 Å². The van der Waals surface area contributed by atoms with E-state index in [0.717, 1.165) is 17.6 Å². The van der Waals surface area contributed by atoms with Gasteiger partial charge in [0, 0.05) is 11.3 Å². The Bertz CT molecular complexity index is 340. The highest BCUT2D eigenvalue weighted by Crippen LogP contribution is 2.49. The molecule has 2 saturated carbocycles. The van der Waals surface area contributed by atoms with Crippen LogP contribution in [-0.4, -0.2) is 10.1 Å². The van der Waals surface area contributed by atoms with Crippen molar-refractivity contribution in [3.8, 4) is 0 Å². The van der Waals surface area contributed by atoms with E-state index in [9.17, 15) is 0 Å². The Kier molecular flexibility index (Phi) is 1.24. The summed E-state index contributed by atoms with van der Waals surface area (Å²) in [4.78, 5) is 4.48. The Morgan fingerprint density at radius 3 is 2.69 bits per heavy atom. The van der Waals surface area contributed by atoms with E-state index in [2.05, 4.69) is 24.0 Å². The molecule has 3 nitrogen and oxygen atoms in total. The Morgan fingerprint density at radius 1 is 1.46 bits per heavy atom. The van der Waals surface area contributed by atoms with Crippen molar-refractivity contribution < 1.29 is 4.52 Å². The molecule has 0 amide bonds. The summed E-state index contributed by atoms with van der Waals surface area (Å²) in [5.74, 6) is 3.15. The molecule has 0 spiro atoms. The van der Waals surface area contributed by atoms with Crippen LogP contribution < -0.4 is 0 Å². The van der Waals surface area contributed by atoms with Gasteiger partial charge in [0.25, 0.3) is 0 Å². The summed E-state index contributed by atoms with van der Waals surface area (Å²) >= 11 is 0. The van der Waals surface area contributed by atoms with Gasteiger partial charge < -0.3 is 4.52 Å². The molecule has 2 atom stereocenters. The summed E-state index contributed by atoms with van der Waals surface area (Å²) in [7, 11) is 0. The molecule has 0 N–H and O–H groups in total. The van der Waals surface area contributed by atoms with Crippen LogP contribution in [0.5, 0.6) is 0 Å². The lowest BCUT2D eigenvalue weighted by Gasteiger charge is -1.96. The lowest BCUT2D eigenvalue weighted by atomic mass is 10.1. The van der Waals surface area contributed by atoms with Gasteiger partial charge in [0.1, 0.15) is 0 Å². The highest BCUT2D eigenvalue weighted by molar-refractivity contribution is 5.15. The maximum absolute atomic E-state index is 5.28. The first-order valence-corrected chi connectivity index (χ1v) is 5.03. The highest BCUT2D eigenvalue weighted by Gasteiger charge is 2.46. The molecule has 1 heterocycles. The SMILES string of the molecule is CC1CC1c1noc(C2(C)CC2)n1. The second-order valence-electron chi connectivity index (χ2n) is 4.84. The van der Waals surface area contributed by atoms with Crippen molar-refractivity contribution in [2.75, 3.05) is 0 Å². The van der Waals surface area contributed by atoms with E-state index in [4.69, 9.17) is 4.52 Å². The Morgan fingerprint density at radius 2 is 2.15 bits per heavy atom. The molecule has 1 aromatic rings. The molecule has 0 saturated heterocycles. The van der Waals surface area contributed by atoms with Crippen molar-refractivity contribution in [1.29, 1.82) is 0 Å². The predicted molar refractivity (Wildman–Crippen MR) is 47.4 cm³/mol. The zero-order chi connectivity index (χ0) is 9.05. The zero-order valence-electron chi connectivity index (χ0n) is 8.08. The number of hydrogen-bond acceptors (Lipinski definition) is 3. The van der Waals surface area contributed by atoms with E-state index in [0.29, 0.717) is 5.92 Å². The third kappa shape index (κ3) is 1.10. The van der Waals surface area contributed by atoms with Gasteiger partial charge >= 0.3 is 0 Å². The van der Waals surface area contributed by atoms with Gasteiger partial charge in [-0.1, -0.05) is 19.0 Å². The topological polar surface area (TPSA) is 38.9 Å². The maximum atomic E-state index is 5.28. The highest BCUT2D eigenvalue weighted by atomic mass is 16.5. The average Bonchev–Trinajstić information content (AvgIpc) is 2.97. The third-order valence-electron chi connectivity index (χ3n) is 3.40. The molecule has 2 aliphatic carbocycles. The van der Waals surface area contributed by atoms with E-state index < -0.39 is 0 Å². The molecule has 1 aromatic heterocycles. The lowest BCUT2D eigenvalue weighted by molar-refractivity contribution is 0.348. The molecule has 3 heteroatoms. The molecule has 13 heavy (non-hydrogen) atoms. The first kappa shape index (κ1) is 7.54. The van der Waals surface area contributed by atoms with E-state index in [-0.39, 0.29) is 5.41 Å². The fourth-order valence-electron chi connectivity index (χ4n) is 1.71. The summed E-state index contributed by atoms with van der Waals surface area (Å²) in [6, 6.07) is 0. The number of rotatable bonds is 2. The minimum Gasteiger partial charge on any atom is -0.339 e. The van der Waals surface area contributed by atoms with Gasteiger partial charge in [0.05, 0.1) is 0 Å². The molecule has 0 radical (unpaired) electrons. The Labute approximate surface area is 77.5 Å². The Balaban J connectivity index is 1.86. The van der Waals surface area contributed by atoms with Crippen LogP contribution in [0.25, 0.3) is 0 Å². The fraction of sp³-hybridized carbons (Fsp3) is 0.800. The first-order chi connectivity index (χ1) is 6.19. The molecular formula is C10H14N2O. The van der Waals surface area contributed by atoms with E-state index in [1.54, 1.807) is 0 Å². The van der Waals surface area contributed by atoms with Crippen LogP contribution in [0.2, 0.25) is 0 Å². The minimum atomic E-state index is 0.226. The number of hydrogen-bond donors (Lipinski definition) is 0. The van der Waals surface area contributed by atoms with Gasteiger partial charge in [-0.25, -0.2) is 0 Å². The molecule has 0 bridgehead atoms. The van der Waals surface area contributed by atoms with Crippen LogP contribution in [0.4, 0.5) is 0 Å². The van der Waals surface area contributed by atoms with Crippen molar-refractivity contribution in [3.05, 3.63) is 11.7 Å². The molecule has 2 unspecified atom stereocenters. The summed E-state index contributed by atoms with van der Waals surface area (Å²) in [5.41, 5.74) is 0.226. The van der Waals surface area contributed by atoms with E-state index in [1.165, 1.54) is 19.3 Å². The van der Waals surface area contributed by atoms with Crippen LogP contribution in [0.1, 0.15) is 50.7 Å². The third-order valence-corrected chi connectivity index (χ3v) is 3.40. The normalized spacial score (nSPS) is 34.6. The van der Waals surface area contributed by atoms with Crippen LogP contribution in [0.3, 0.4) is 0 Å². The van der Waals surface area contributed by atoms with Gasteiger partial charge in [-0.15, -0.1) is 0 Å². The molecule has 70 valence electrons. The van der Waals surface area contributed by atoms with Crippen LogP contribution in [0, 0.1) is 5.92 Å². The molecule has 2 fully saturated rings. The van der Waals surface area contributed by atoms with Gasteiger partial charge in [0.15, 0.2) is 5.82 Å². The second kappa shape index (κ2) is 2.14. The zero-order valence-corrected chi connectivity index (χ0v) is 8.08. The molecule has 0 aliphatic heterocycles. The summed E-state index contributed by atoms with van der Waals surface area (Å²) < 4.78 is 5.28. The maximum Gasteiger partial charge on any atom is 0.232 e. The van der Waals surface area contributed by atoms with Crippen molar-refractivity contribution in [2.45, 2.75) is 44.4 Å². The van der Waals surface area contributed by atoms with Crippen molar-refractivity contribution in [2.24, 2.45) is 5.92 Å². The van der Waals surface area contributed by atoms with Crippen LogP contribution in [-0.2, 0) is 5.41 Å². The van der Waals surface area contributed by atoms with Gasteiger partial charge in [-0.3, -0.25) is 0 Å². The number of nitrogens with zero attached hydrogens (tertiary/aromatic N) is 2. The number of aromatic nitrogens is 2. The summed E-state index contributed by atoms with van der Waals surface area (Å²) in [6.45, 7) is 4.43. The summed E-state index contributed by atoms with van der Waals surface area (Å²) in [6.07, 6.45) is 3.64. The molecule has 3 rings (SSSR count). The lowest BCUT2D eigenvalue weighted by Crippen LogP contribution is -1.99. The van der Waals surface area contributed by atoms with Gasteiger partial charge in [-0.05, 0) is 25.2 Å². The monoisotopic (exact) mass is 178 g/mol. The predicted octanol–water partition coefficient (Wildman–Crippen LogP) is 2.24.